The SMILES string of the molecule is Cc1cc(C)c(C#N)c(Oc2cccc(NC(=O)COc3ccc(Cl)cc3Cl)c2)n1. The van der Waals surface area contributed by atoms with Gasteiger partial charge in [-0.2, -0.15) is 5.26 Å². The molecule has 152 valence electrons. The van der Waals surface area contributed by atoms with Crippen molar-refractivity contribution in [2.75, 3.05) is 11.9 Å². The van der Waals surface area contributed by atoms with E-state index in [2.05, 4.69) is 16.4 Å². The van der Waals surface area contributed by atoms with Gasteiger partial charge >= 0.3 is 0 Å². The first-order chi connectivity index (χ1) is 14.4. The van der Waals surface area contributed by atoms with Crippen molar-refractivity contribution in [1.82, 2.24) is 4.98 Å². The van der Waals surface area contributed by atoms with Crippen LogP contribution in [0.25, 0.3) is 0 Å². The Morgan fingerprint density at radius 1 is 1.17 bits per heavy atom. The number of halogens is 2. The minimum Gasteiger partial charge on any atom is -0.482 e. The molecule has 0 aliphatic heterocycles. The number of benzene rings is 2. The molecule has 0 aliphatic carbocycles. The fourth-order valence-corrected chi connectivity index (χ4v) is 3.16. The average molecular weight is 442 g/mol. The van der Waals surface area contributed by atoms with Crippen LogP contribution in [-0.2, 0) is 4.79 Å². The van der Waals surface area contributed by atoms with Gasteiger partial charge < -0.3 is 14.8 Å². The Bertz CT molecular complexity index is 1140. The Balaban J connectivity index is 1.67. The van der Waals surface area contributed by atoms with Crippen LogP contribution in [0.1, 0.15) is 16.8 Å². The summed E-state index contributed by atoms with van der Waals surface area (Å²) in [7, 11) is 0. The van der Waals surface area contributed by atoms with Gasteiger partial charge in [0.2, 0.25) is 5.88 Å². The van der Waals surface area contributed by atoms with Crippen LogP contribution in [0.15, 0.2) is 48.5 Å². The van der Waals surface area contributed by atoms with E-state index in [4.69, 9.17) is 32.7 Å². The lowest BCUT2D eigenvalue weighted by atomic mass is 10.1. The first-order valence-corrected chi connectivity index (χ1v) is 9.65. The van der Waals surface area contributed by atoms with E-state index in [1.165, 1.54) is 6.07 Å². The van der Waals surface area contributed by atoms with E-state index in [1.807, 2.05) is 19.9 Å². The van der Waals surface area contributed by atoms with E-state index in [0.717, 1.165) is 11.3 Å². The Morgan fingerprint density at radius 3 is 2.70 bits per heavy atom. The van der Waals surface area contributed by atoms with Gasteiger partial charge in [0, 0.05) is 22.5 Å². The topological polar surface area (TPSA) is 84.2 Å². The van der Waals surface area contributed by atoms with E-state index in [-0.39, 0.29) is 18.4 Å². The zero-order valence-corrected chi connectivity index (χ0v) is 17.7. The molecular weight excluding hydrogens is 425 g/mol. The molecule has 0 bridgehead atoms. The molecule has 1 N–H and O–H groups in total. The molecule has 0 saturated carbocycles. The van der Waals surface area contributed by atoms with Crippen LogP contribution >= 0.6 is 23.2 Å². The van der Waals surface area contributed by atoms with E-state index in [0.29, 0.717) is 32.8 Å². The van der Waals surface area contributed by atoms with Crippen molar-refractivity contribution >= 4 is 34.8 Å². The number of nitrogens with zero attached hydrogens (tertiary/aromatic N) is 2. The van der Waals surface area contributed by atoms with E-state index >= 15 is 0 Å². The second kappa shape index (κ2) is 9.49. The summed E-state index contributed by atoms with van der Waals surface area (Å²) < 4.78 is 11.2. The smallest absolute Gasteiger partial charge is 0.262 e. The first kappa shape index (κ1) is 21.4. The van der Waals surface area contributed by atoms with Gasteiger partial charge in [0.25, 0.3) is 5.91 Å². The summed E-state index contributed by atoms with van der Waals surface area (Å²) in [6.07, 6.45) is 0. The third-order valence-corrected chi connectivity index (χ3v) is 4.54. The van der Waals surface area contributed by atoms with Gasteiger partial charge in [0.15, 0.2) is 6.61 Å². The van der Waals surface area contributed by atoms with Gasteiger partial charge in [0.1, 0.15) is 23.1 Å². The van der Waals surface area contributed by atoms with E-state index < -0.39 is 0 Å². The quantitative estimate of drug-likeness (QED) is 0.531. The molecule has 0 fully saturated rings. The number of carbonyl (C=O) groups excluding carboxylic acids is 1. The largest absolute Gasteiger partial charge is 0.482 e. The number of pyridine rings is 1. The number of carbonyl (C=O) groups is 1. The van der Waals surface area contributed by atoms with Crippen molar-refractivity contribution in [3.8, 4) is 23.4 Å². The number of amides is 1. The number of rotatable bonds is 6. The normalized spacial score (nSPS) is 10.2. The summed E-state index contributed by atoms with van der Waals surface area (Å²) >= 11 is 11.9. The standard InChI is InChI=1S/C22H17Cl2N3O3/c1-13-8-14(2)26-22(18(13)11-25)30-17-5-3-4-16(10-17)27-21(28)12-29-20-7-6-15(23)9-19(20)24/h3-10H,12H2,1-2H3,(H,27,28). The van der Waals surface area contributed by atoms with Crippen molar-refractivity contribution in [3.63, 3.8) is 0 Å². The lowest BCUT2D eigenvalue weighted by Gasteiger charge is -2.12. The van der Waals surface area contributed by atoms with Gasteiger partial charge in [0.05, 0.1) is 5.02 Å². The van der Waals surface area contributed by atoms with Gasteiger partial charge in [-0.05, 0) is 55.8 Å². The number of ether oxygens (including phenoxy) is 2. The zero-order chi connectivity index (χ0) is 21.7. The highest BCUT2D eigenvalue weighted by molar-refractivity contribution is 6.35. The second-order valence-electron chi connectivity index (χ2n) is 6.41. The van der Waals surface area contributed by atoms with Crippen LogP contribution in [0.4, 0.5) is 5.69 Å². The molecule has 2 aromatic carbocycles. The average Bonchev–Trinajstić information content (AvgIpc) is 2.67. The molecule has 0 unspecified atom stereocenters. The Hall–Kier alpha value is -3.27. The van der Waals surface area contributed by atoms with Crippen LogP contribution in [0.5, 0.6) is 17.4 Å². The summed E-state index contributed by atoms with van der Waals surface area (Å²) in [6, 6.07) is 15.4. The molecule has 0 spiro atoms. The van der Waals surface area contributed by atoms with Crippen molar-refractivity contribution in [3.05, 3.63) is 75.4 Å². The Morgan fingerprint density at radius 2 is 1.97 bits per heavy atom. The number of nitriles is 1. The fourth-order valence-electron chi connectivity index (χ4n) is 2.69. The predicted molar refractivity (Wildman–Crippen MR) is 116 cm³/mol. The molecule has 0 radical (unpaired) electrons. The summed E-state index contributed by atoms with van der Waals surface area (Å²) in [5.74, 6) is 0.640. The van der Waals surface area contributed by atoms with Crippen LogP contribution in [0.3, 0.4) is 0 Å². The molecular formula is C22H17Cl2N3O3. The Labute approximate surface area is 184 Å². The minimum absolute atomic E-state index is 0.221. The summed E-state index contributed by atoms with van der Waals surface area (Å²) in [4.78, 5) is 16.5. The fraction of sp³-hybridized carbons (Fsp3) is 0.136. The zero-order valence-electron chi connectivity index (χ0n) is 16.2. The number of hydrogen-bond donors (Lipinski definition) is 1. The monoisotopic (exact) mass is 441 g/mol. The van der Waals surface area contributed by atoms with Crippen molar-refractivity contribution in [2.45, 2.75) is 13.8 Å². The maximum Gasteiger partial charge on any atom is 0.262 e. The van der Waals surface area contributed by atoms with Gasteiger partial charge in [-0.15, -0.1) is 0 Å². The van der Waals surface area contributed by atoms with Gasteiger partial charge in [-0.3, -0.25) is 4.79 Å². The minimum atomic E-state index is -0.375. The molecule has 1 heterocycles. The molecule has 1 amide bonds. The molecule has 3 rings (SSSR count). The predicted octanol–water partition coefficient (Wildman–Crippen LogP) is 5.69. The van der Waals surface area contributed by atoms with Crippen molar-refractivity contribution in [2.24, 2.45) is 0 Å². The Kier molecular flexibility index (Phi) is 6.78. The molecule has 0 aliphatic rings. The number of hydrogen-bond acceptors (Lipinski definition) is 5. The molecule has 1 aromatic heterocycles. The third kappa shape index (κ3) is 5.41. The van der Waals surface area contributed by atoms with Crippen molar-refractivity contribution < 1.29 is 14.3 Å². The third-order valence-electron chi connectivity index (χ3n) is 4.01. The van der Waals surface area contributed by atoms with Crippen LogP contribution in [-0.4, -0.2) is 17.5 Å². The first-order valence-electron chi connectivity index (χ1n) is 8.89. The molecule has 30 heavy (non-hydrogen) atoms. The van der Waals surface area contributed by atoms with Crippen LogP contribution in [0, 0.1) is 25.2 Å². The molecule has 0 saturated heterocycles. The maximum absolute atomic E-state index is 12.2. The van der Waals surface area contributed by atoms with Gasteiger partial charge in [-0.1, -0.05) is 29.3 Å². The van der Waals surface area contributed by atoms with Crippen LogP contribution < -0.4 is 14.8 Å². The van der Waals surface area contributed by atoms with E-state index in [1.54, 1.807) is 36.4 Å². The maximum atomic E-state index is 12.2. The lowest BCUT2D eigenvalue weighted by molar-refractivity contribution is -0.118. The highest BCUT2D eigenvalue weighted by Gasteiger charge is 2.12. The second-order valence-corrected chi connectivity index (χ2v) is 7.26. The van der Waals surface area contributed by atoms with E-state index in [9.17, 15) is 10.1 Å². The number of anilines is 1. The summed E-state index contributed by atoms with van der Waals surface area (Å²) in [6.45, 7) is 3.41. The van der Waals surface area contributed by atoms with Gasteiger partial charge in [-0.25, -0.2) is 4.98 Å². The number of aryl methyl sites for hydroxylation is 2. The molecule has 3 aromatic rings. The number of nitrogens with one attached hydrogen (secondary N) is 1. The highest BCUT2D eigenvalue weighted by Crippen LogP contribution is 2.29. The highest BCUT2D eigenvalue weighted by atomic mass is 35.5. The summed E-state index contributed by atoms with van der Waals surface area (Å²) in [5, 5.41) is 12.9. The van der Waals surface area contributed by atoms with Crippen molar-refractivity contribution in [1.29, 1.82) is 5.26 Å². The summed E-state index contributed by atoms with van der Waals surface area (Å²) in [5.41, 5.74) is 2.39. The van der Waals surface area contributed by atoms with Crippen LogP contribution in [0.2, 0.25) is 10.0 Å². The number of aromatic nitrogens is 1. The molecule has 8 heteroatoms. The lowest BCUT2D eigenvalue weighted by Crippen LogP contribution is -2.20. The molecule has 6 nitrogen and oxygen atoms in total. The molecule has 0 atom stereocenters.